The second-order valence-electron chi connectivity index (χ2n) is 5.41. The molecule has 0 aromatic heterocycles. The van der Waals surface area contributed by atoms with Crippen LogP contribution in [-0.4, -0.2) is 27.6 Å². The molecule has 0 spiro atoms. The van der Waals surface area contributed by atoms with Gasteiger partial charge >= 0.3 is 0 Å². The molecule has 2 aromatic rings. The lowest BCUT2D eigenvalue weighted by molar-refractivity contribution is 0.331. The first-order valence-corrected chi connectivity index (χ1v) is 8.94. The van der Waals surface area contributed by atoms with E-state index in [1.807, 2.05) is 18.2 Å². The van der Waals surface area contributed by atoms with Crippen molar-refractivity contribution in [3.63, 3.8) is 0 Å². The molecule has 3 rings (SSSR count). The molecule has 1 aliphatic heterocycles. The van der Waals surface area contributed by atoms with Crippen molar-refractivity contribution in [2.24, 2.45) is 0 Å². The minimum atomic E-state index is 0.180. The van der Waals surface area contributed by atoms with Crippen LogP contribution in [0.25, 0.3) is 0 Å². The van der Waals surface area contributed by atoms with Crippen molar-refractivity contribution in [3.05, 3.63) is 64.2 Å². The SMILES string of the molecule is Oc1cc2c(cc1Cl)CCN(CI)CC2c1ccccc1. The first kappa shape index (κ1) is 15.1. The van der Waals surface area contributed by atoms with Crippen LogP contribution in [0.3, 0.4) is 0 Å². The van der Waals surface area contributed by atoms with Crippen LogP contribution in [0.4, 0.5) is 0 Å². The van der Waals surface area contributed by atoms with E-state index in [9.17, 15) is 5.11 Å². The number of nitrogens with zero attached hydrogens (tertiary/aromatic N) is 1. The molecule has 0 saturated carbocycles. The highest BCUT2D eigenvalue weighted by Gasteiger charge is 2.25. The Balaban J connectivity index is 2.10. The van der Waals surface area contributed by atoms with Crippen LogP contribution >= 0.6 is 34.2 Å². The van der Waals surface area contributed by atoms with Crippen molar-refractivity contribution >= 4 is 34.2 Å². The molecule has 2 aromatic carbocycles. The van der Waals surface area contributed by atoms with Gasteiger partial charge in [-0.1, -0.05) is 64.5 Å². The van der Waals surface area contributed by atoms with Crippen molar-refractivity contribution in [2.75, 3.05) is 17.6 Å². The lowest BCUT2D eigenvalue weighted by Gasteiger charge is -2.23. The number of benzene rings is 2. The number of hydrogen-bond donors (Lipinski definition) is 1. The molecule has 2 nitrogen and oxygen atoms in total. The average Bonchev–Trinajstić information content (AvgIpc) is 2.68. The Kier molecular flexibility index (Phi) is 4.72. The van der Waals surface area contributed by atoms with Crippen LogP contribution in [0.15, 0.2) is 42.5 Å². The van der Waals surface area contributed by atoms with Gasteiger partial charge in [0.2, 0.25) is 0 Å². The van der Waals surface area contributed by atoms with E-state index in [1.54, 1.807) is 0 Å². The molecule has 1 N–H and O–H groups in total. The molecule has 0 bridgehead atoms. The number of hydrogen-bond acceptors (Lipinski definition) is 2. The third-order valence-corrected chi connectivity index (χ3v) is 5.36. The van der Waals surface area contributed by atoms with Crippen LogP contribution in [-0.2, 0) is 6.42 Å². The van der Waals surface area contributed by atoms with E-state index < -0.39 is 0 Å². The van der Waals surface area contributed by atoms with Gasteiger partial charge in [0.15, 0.2) is 0 Å². The Bertz CT molecular complexity index is 632. The minimum absolute atomic E-state index is 0.180. The van der Waals surface area contributed by atoms with Crippen molar-refractivity contribution < 1.29 is 5.11 Å². The Hall–Kier alpha value is -0.780. The smallest absolute Gasteiger partial charge is 0.134 e. The van der Waals surface area contributed by atoms with Crippen LogP contribution in [0, 0.1) is 0 Å². The highest BCUT2D eigenvalue weighted by atomic mass is 127. The standard InChI is InChI=1S/C17H17ClINO/c18-16-8-13-6-7-20(11-19)10-15(14(13)9-17(16)21)12-4-2-1-3-5-12/h1-5,8-9,15,21H,6-7,10-11H2. The van der Waals surface area contributed by atoms with E-state index in [1.165, 1.54) is 16.7 Å². The van der Waals surface area contributed by atoms with Gasteiger partial charge in [-0.15, -0.1) is 0 Å². The van der Waals surface area contributed by atoms with E-state index in [0.717, 1.165) is 24.1 Å². The maximum atomic E-state index is 10.0. The summed E-state index contributed by atoms with van der Waals surface area (Å²) in [6.45, 7) is 2.00. The maximum absolute atomic E-state index is 10.0. The third kappa shape index (κ3) is 3.20. The molecule has 1 heterocycles. The summed E-state index contributed by atoms with van der Waals surface area (Å²) < 4.78 is 1.01. The van der Waals surface area contributed by atoms with Gasteiger partial charge in [0.1, 0.15) is 5.75 Å². The van der Waals surface area contributed by atoms with Crippen LogP contribution in [0.2, 0.25) is 5.02 Å². The fourth-order valence-corrected chi connectivity index (χ4v) is 3.77. The number of aromatic hydroxyl groups is 1. The van der Waals surface area contributed by atoms with Gasteiger partial charge in [-0.05, 0) is 35.2 Å². The first-order valence-electron chi connectivity index (χ1n) is 7.03. The van der Waals surface area contributed by atoms with Crippen LogP contribution in [0.1, 0.15) is 22.6 Å². The molecule has 1 aliphatic rings. The Labute approximate surface area is 143 Å². The fraction of sp³-hybridized carbons (Fsp3) is 0.294. The normalized spacial score (nSPS) is 19.0. The molecule has 0 saturated heterocycles. The molecule has 0 aliphatic carbocycles. The van der Waals surface area contributed by atoms with Gasteiger partial charge in [0.05, 0.1) is 9.57 Å². The van der Waals surface area contributed by atoms with E-state index in [4.69, 9.17) is 11.6 Å². The summed E-state index contributed by atoms with van der Waals surface area (Å²) in [5.41, 5.74) is 3.74. The predicted octanol–water partition coefficient (Wildman–Crippen LogP) is 4.43. The third-order valence-electron chi connectivity index (χ3n) is 4.09. The summed E-state index contributed by atoms with van der Waals surface area (Å²) >= 11 is 8.51. The topological polar surface area (TPSA) is 23.5 Å². The average molecular weight is 414 g/mol. The highest BCUT2D eigenvalue weighted by molar-refractivity contribution is 14.1. The summed E-state index contributed by atoms with van der Waals surface area (Å²) in [5.74, 6) is 0.459. The van der Waals surface area contributed by atoms with Crippen molar-refractivity contribution in [1.82, 2.24) is 4.90 Å². The Morgan fingerprint density at radius 2 is 2.00 bits per heavy atom. The number of halogens is 2. The van der Waals surface area contributed by atoms with E-state index in [-0.39, 0.29) is 11.7 Å². The van der Waals surface area contributed by atoms with Crippen molar-refractivity contribution in [3.8, 4) is 5.75 Å². The number of phenolic OH excluding ortho intramolecular Hbond substituents is 1. The number of rotatable bonds is 2. The monoisotopic (exact) mass is 413 g/mol. The summed E-state index contributed by atoms with van der Waals surface area (Å²) in [4.78, 5) is 2.45. The molecular weight excluding hydrogens is 397 g/mol. The molecule has 1 unspecified atom stereocenters. The lowest BCUT2D eigenvalue weighted by atomic mass is 9.88. The summed E-state index contributed by atoms with van der Waals surface area (Å²) in [5, 5.41) is 10.5. The molecule has 0 amide bonds. The zero-order valence-electron chi connectivity index (χ0n) is 11.6. The van der Waals surface area contributed by atoms with Gasteiger partial charge in [-0.2, -0.15) is 0 Å². The number of fused-ring (bicyclic) bond motifs is 1. The first-order chi connectivity index (χ1) is 10.2. The summed E-state index contributed by atoms with van der Waals surface area (Å²) in [6, 6.07) is 14.3. The molecule has 110 valence electrons. The quantitative estimate of drug-likeness (QED) is 0.447. The zero-order chi connectivity index (χ0) is 14.8. The second-order valence-corrected chi connectivity index (χ2v) is 6.50. The molecule has 0 radical (unpaired) electrons. The molecule has 1 atom stereocenters. The molecular formula is C17H17ClINO. The molecule has 4 heteroatoms. The van der Waals surface area contributed by atoms with Gasteiger partial charge in [0.25, 0.3) is 0 Å². The van der Waals surface area contributed by atoms with Gasteiger partial charge in [0, 0.05) is 19.0 Å². The van der Waals surface area contributed by atoms with Gasteiger partial charge in [-0.25, -0.2) is 0 Å². The zero-order valence-corrected chi connectivity index (χ0v) is 14.5. The maximum Gasteiger partial charge on any atom is 0.134 e. The van der Waals surface area contributed by atoms with Gasteiger partial charge < -0.3 is 5.11 Å². The minimum Gasteiger partial charge on any atom is -0.506 e. The van der Waals surface area contributed by atoms with Crippen LogP contribution in [0.5, 0.6) is 5.75 Å². The van der Waals surface area contributed by atoms with Crippen LogP contribution < -0.4 is 0 Å². The molecule has 21 heavy (non-hydrogen) atoms. The van der Waals surface area contributed by atoms with Gasteiger partial charge in [-0.3, -0.25) is 4.90 Å². The van der Waals surface area contributed by atoms with Crippen molar-refractivity contribution in [1.29, 1.82) is 0 Å². The summed E-state index contributed by atoms with van der Waals surface area (Å²) in [7, 11) is 0. The Morgan fingerprint density at radius 1 is 1.24 bits per heavy atom. The van der Waals surface area contributed by atoms with E-state index >= 15 is 0 Å². The summed E-state index contributed by atoms with van der Waals surface area (Å²) in [6.07, 6.45) is 0.974. The highest BCUT2D eigenvalue weighted by Crippen LogP contribution is 2.36. The number of alkyl halides is 1. The predicted molar refractivity (Wildman–Crippen MR) is 95.6 cm³/mol. The fourth-order valence-electron chi connectivity index (χ4n) is 2.97. The Morgan fingerprint density at radius 3 is 2.71 bits per heavy atom. The van der Waals surface area contributed by atoms with E-state index in [0.29, 0.717) is 5.02 Å². The largest absolute Gasteiger partial charge is 0.506 e. The molecule has 0 fully saturated rings. The number of phenols is 1. The van der Waals surface area contributed by atoms with E-state index in [2.05, 4.69) is 51.8 Å². The lowest BCUT2D eigenvalue weighted by Crippen LogP contribution is -2.27. The second kappa shape index (κ2) is 6.55. The van der Waals surface area contributed by atoms with Crippen molar-refractivity contribution in [2.45, 2.75) is 12.3 Å².